The lowest BCUT2D eigenvalue weighted by molar-refractivity contribution is -0.00750. The molecule has 0 saturated heterocycles. The molecular formula is C11H21NO3S. The lowest BCUT2D eigenvalue weighted by Crippen LogP contribution is -2.46. The van der Waals surface area contributed by atoms with Crippen LogP contribution in [0.4, 0.5) is 0 Å². The Morgan fingerprint density at radius 1 is 1.62 bits per heavy atom. The molecule has 0 spiro atoms. The van der Waals surface area contributed by atoms with Crippen molar-refractivity contribution in [1.29, 1.82) is 0 Å². The number of nitrogens with one attached hydrogen (secondary N) is 1. The van der Waals surface area contributed by atoms with Crippen molar-refractivity contribution in [1.82, 2.24) is 4.72 Å². The van der Waals surface area contributed by atoms with E-state index >= 15 is 0 Å². The molecule has 94 valence electrons. The Balaban J connectivity index is 2.50. The zero-order valence-corrected chi connectivity index (χ0v) is 10.6. The molecule has 0 radical (unpaired) electrons. The van der Waals surface area contributed by atoms with Gasteiger partial charge < -0.3 is 5.11 Å². The first-order chi connectivity index (χ1) is 7.37. The standard InChI is InChI=1S/C11H21NO3S/c1-3-7-16(14,15)12-9-11(13)6-4-5-10(2)8-11/h3,10,12-13H,1,4-9H2,2H3. The second-order valence-corrected chi connectivity index (χ2v) is 6.67. The zero-order valence-electron chi connectivity index (χ0n) is 9.78. The summed E-state index contributed by atoms with van der Waals surface area (Å²) in [5.41, 5.74) is -0.869. The topological polar surface area (TPSA) is 66.4 Å². The van der Waals surface area contributed by atoms with Crippen molar-refractivity contribution in [2.45, 2.75) is 38.2 Å². The Labute approximate surface area is 97.8 Å². The highest BCUT2D eigenvalue weighted by Gasteiger charge is 2.33. The van der Waals surface area contributed by atoms with Gasteiger partial charge in [0.15, 0.2) is 0 Å². The van der Waals surface area contributed by atoms with Gasteiger partial charge in [0.1, 0.15) is 0 Å². The van der Waals surface area contributed by atoms with Crippen molar-refractivity contribution in [2.75, 3.05) is 12.3 Å². The van der Waals surface area contributed by atoms with Crippen molar-refractivity contribution in [3.63, 3.8) is 0 Å². The molecule has 4 nitrogen and oxygen atoms in total. The summed E-state index contributed by atoms with van der Waals surface area (Å²) in [4.78, 5) is 0. The van der Waals surface area contributed by atoms with Gasteiger partial charge in [-0.2, -0.15) is 0 Å². The van der Waals surface area contributed by atoms with E-state index in [9.17, 15) is 13.5 Å². The molecular weight excluding hydrogens is 226 g/mol. The monoisotopic (exact) mass is 247 g/mol. The molecule has 2 N–H and O–H groups in total. The zero-order chi connectivity index (χ0) is 12.2. The number of sulfonamides is 1. The van der Waals surface area contributed by atoms with Crippen LogP contribution in [-0.4, -0.2) is 31.4 Å². The Hall–Kier alpha value is -0.390. The summed E-state index contributed by atoms with van der Waals surface area (Å²) in [6.45, 7) is 5.59. The Kier molecular flexibility index (Phi) is 4.52. The normalized spacial score (nSPS) is 31.2. The maximum atomic E-state index is 11.4. The minimum atomic E-state index is -3.31. The molecule has 0 aromatic rings. The summed E-state index contributed by atoms with van der Waals surface area (Å²) in [5, 5.41) is 10.2. The highest BCUT2D eigenvalue weighted by molar-refractivity contribution is 7.89. The molecule has 1 aliphatic rings. The number of rotatable bonds is 5. The van der Waals surface area contributed by atoms with Crippen LogP contribution in [0.25, 0.3) is 0 Å². The molecule has 0 aromatic carbocycles. The first-order valence-electron chi connectivity index (χ1n) is 5.67. The fraction of sp³-hybridized carbons (Fsp3) is 0.818. The maximum Gasteiger partial charge on any atom is 0.215 e. The summed E-state index contributed by atoms with van der Waals surface area (Å²) in [5.74, 6) is 0.362. The van der Waals surface area contributed by atoms with Gasteiger partial charge in [-0.15, -0.1) is 6.58 Å². The molecule has 5 heteroatoms. The summed E-state index contributed by atoms with van der Waals surface area (Å²) >= 11 is 0. The summed E-state index contributed by atoms with van der Waals surface area (Å²) in [6.07, 6.45) is 4.76. The Morgan fingerprint density at radius 3 is 2.88 bits per heavy atom. The van der Waals surface area contributed by atoms with E-state index in [0.29, 0.717) is 18.8 Å². The van der Waals surface area contributed by atoms with Gasteiger partial charge in [-0.3, -0.25) is 0 Å². The second kappa shape index (κ2) is 5.29. The third kappa shape index (κ3) is 4.23. The molecule has 1 fully saturated rings. The quantitative estimate of drug-likeness (QED) is 0.713. The Morgan fingerprint density at radius 2 is 2.31 bits per heavy atom. The lowest BCUT2D eigenvalue weighted by atomic mass is 9.79. The SMILES string of the molecule is C=CCS(=O)(=O)NCC1(O)CCCC(C)C1. The predicted octanol–water partition coefficient (Wildman–Crippen LogP) is 1.03. The van der Waals surface area contributed by atoms with Crippen molar-refractivity contribution < 1.29 is 13.5 Å². The summed E-state index contributed by atoms with van der Waals surface area (Å²) < 4.78 is 25.2. The Bertz CT molecular complexity index is 339. The van der Waals surface area contributed by atoms with Crippen LogP contribution in [0, 0.1) is 5.92 Å². The van der Waals surface area contributed by atoms with Gasteiger partial charge in [0.2, 0.25) is 10.0 Å². The van der Waals surface area contributed by atoms with E-state index in [1.165, 1.54) is 6.08 Å². The fourth-order valence-electron chi connectivity index (χ4n) is 2.25. The number of hydrogen-bond acceptors (Lipinski definition) is 3. The van der Waals surface area contributed by atoms with E-state index in [0.717, 1.165) is 12.8 Å². The van der Waals surface area contributed by atoms with E-state index in [4.69, 9.17) is 0 Å². The number of aliphatic hydroxyl groups is 1. The van der Waals surface area contributed by atoms with Crippen LogP contribution in [0.1, 0.15) is 32.6 Å². The van der Waals surface area contributed by atoms with Crippen molar-refractivity contribution in [3.8, 4) is 0 Å². The van der Waals surface area contributed by atoms with Gasteiger partial charge in [0.05, 0.1) is 11.4 Å². The van der Waals surface area contributed by atoms with Crippen LogP contribution < -0.4 is 4.72 Å². The average Bonchev–Trinajstić information content (AvgIpc) is 2.15. The molecule has 2 unspecified atom stereocenters. The minimum absolute atomic E-state index is 0.0986. The molecule has 0 bridgehead atoms. The van der Waals surface area contributed by atoms with Gasteiger partial charge in [-0.1, -0.05) is 25.8 Å². The van der Waals surface area contributed by atoms with E-state index in [1.807, 2.05) is 0 Å². The maximum absolute atomic E-state index is 11.4. The molecule has 0 amide bonds. The lowest BCUT2D eigenvalue weighted by Gasteiger charge is -2.35. The molecule has 16 heavy (non-hydrogen) atoms. The van der Waals surface area contributed by atoms with Crippen LogP contribution in [-0.2, 0) is 10.0 Å². The van der Waals surface area contributed by atoms with Crippen LogP contribution in [0.15, 0.2) is 12.7 Å². The second-order valence-electron chi connectivity index (χ2n) is 4.82. The van der Waals surface area contributed by atoms with Crippen LogP contribution in [0.3, 0.4) is 0 Å². The van der Waals surface area contributed by atoms with E-state index in [1.54, 1.807) is 0 Å². The van der Waals surface area contributed by atoms with Crippen molar-refractivity contribution in [3.05, 3.63) is 12.7 Å². The van der Waals surface area contributed by atoms with Crippen molar-refractivity contribution >= 4 is 10.0 Å². The largest absolute Gasteiger partial charge is 0.389 e. The number of hydrogen-bond donors (Lipinski definition) is 2. The summed E-state index contributed by atoms with van der Waals surface area (Å²) in [7, 11) is -3.31. The highest BCUT2D eigenvalue weighted by Crippen LogP contribution is 2.31. The first-order valence-corrected chi connectivity index (χ1v) is 7.33. The van der Waals surface area contributed by atoms with Crippen molar-refractivity contribution in [2.24, 2.45) is 5.92 Å². The smallest absolute Gasteiger partial charge is 0.215 e. The molecule has 0 aromatic heterocycles. The third-order valence-corrected chi connectivity index (χ3v) is 4.28. The fourth-order valence-corrected chi connectivity index (χ4v) is 3.17. The molecule has 2 atom stereocenters. The minimum Gasteiger partial charge on any atom is -0.389 e. The molecule has 1 saturated carbocycles. The van der Waals surface area contributed by atoms with Gasteiger partial charge in [-0.05, 0) is 18.8 Å². The third-order valence-electron chi connectivity index (χ3n) is 3.03. The van der Waals surface area contributed by atoms with Crippen LogP contribution in [0.2, 0.25) is 0 Å². The van der Waals surface area contributed by atoms with Gasteiger partial charge in [0, 0.05) is 6.54 Å². The van der Waals surface area contributed by atoms with Gasteiger partial charge in [-0.25, -0.2) is 13.1 Å². The molecule has 1 aliphatic carbocycles. The molecule has 0 heterocycles. The predicted molar refractivity (Wildman–Crippen MR) is 64.6 cm³/mol. The van der Waals surface area contributed by atoms with Gasteiger partial charge in [0.25, 0.3) is 0 Å². The summed E-state index contributed by atoms with van der Waals surface area (Å²) in [6, 6.07) is 0. The average molecular weight is 247 g/mol. The van der Waals surface area contributed by atoms with E-state index in [2.05, 4.69) is 18.2 Å². The highest BCUT2D eigenvalue weighted by atomic mass is 32.2. The van der Waals surface area contributed by atoms with Gasteiger partial charge >= 0.3 is 0 Å². The van der Waals surface area contributed by atoms with Crippen LogP contribution in [0.5, 0.6) is 0 Å². The van der Waals surface area contributed by atoms with E-state index in [-0.39, 0.29) is 12.3 Å². The van der Waals surface area contributed by atoms with Crippen LogP contribution >= 0.6 is 0 Å². The molecule has 1 rings (SSSR count). The first kappa shape index (κ1) is 13.7. The molecule has 0 aliphatic heterocycles. The van der Waals surface area contributed by atoms with E-state index < -0.39 is 15.6 Å².